The quantitative estimate of drug-likeness (QED) is 0.654. The highest BCUT2D eigenvalue weighted by atomic mass is 35.5. The fourth-order valence-electron chi connectivity index (χ4n) is 2.96. The molecule has 0 heterocycles. The van der Waals surface area contributed by atoms with Crippen LogP contribution in [0.5, 0.6) is 5.75 Å². The summed E-state index contributed by atoms with van der Waals surface area (Å²) in [5.41, 5.74) is 1.60. The summed E-state index contributed by atoms with van der Waals surface area (Å²) in [5.74, 6) is 0.281. The molecule has 1 atom stereocenters. The van der Waals surface area contributed by atoms with E-state index in [-0.39, 0.29) is 30.9 Å². The van der Waals surface area contributed by atoms with Crippen molar-refractivity contribution in [1.29, 1.82) is 0 Å². The van der Waals surface area contributed by atoms with E-state index in [2.05, 4.69) is 19.2 Å². The van der Waals surface area contributed by atoms with Gasteiger partial charge in [-0.25, -0.2) is 0 Å². The lowest BCUT2D eigenvalue weighted by Crippen LogP contribution is -2.48. The topological polar surface area (TPSA) is 58.6 Å². The fraction of sp³-hybridized carbons (Fsp3) is 0.364. The molecule has 0 aliphatic heterocycles. The number of nitrogens with zero attached hydrogens (tertiary/aromatic N) is 1. The van der Waals surface area contributed by atoms with E-state index in [0.29, 0.717) is 21.4 Å². The molecule has 0 bridgehead atoms. The molecule has 0 unspecified atom stereocenters. The maximum Gasteiger partial charge on any atom is 0.261 e. The zero-order chi connectivity index (χ0) is 21.6. The van der Waals surface area contributed by atoms with E-state index in [1.54, 1.807) is 25.1 Å². The Kier molecular flexibility index (Phi) is 8.35. The van der Waals surface area contributed by atoms with Gasteiger partial charge < -0.3 is 15.0 Å². The van der Waals surface area contributed by atoms with Crippen LogP contribution in [0.15, 0.2) is 42.5 Å². The van der Waals surface area contributed by atoms with E-state index in [9.17, 15) is 9.59 Å². The first-order valence-corrected chi connectivity index (χ1v) is 10.2. The van der Waals surface area contributed by atoms with E-state index < -0.39 is 6.04 Å². The molecular weight excluding hydrogens is 411 g/mol. The Labute approximate surface area is 181 Å². The van der Waals surface area contributed by atoms with Gasteiger partial charge in [-0.3, -0.25) is 9.59 Å². The average molecular weight is 437 g/mol. The first-order valence-electron chi connectivity index (χ1n) is 9.41. The summed E-state index contributed by atoms with van der Waals surface area (Å²) in [4.78, 5) is 26.7. The van der Waals surface area contributed by atoms with Crippen LogP contribution in [0.25, 0.3) is 0 Å². The maximum atomic E-state index is 13.0. The highest BCUT2D eigenvalue weighted by Gasteiger charge is 2.27. The molecule has 156 valence electrons. The van der Waals surface area contributed by atoms with Gasteiger partial charge in [0.05, 0.1) is 0 Å². The summed E-state index contributed by atoms with van der Waals surface area (Å²) in [6.07, 6.45) is 0. The van der Waals surface area contributed by atoms with Gasteiger partial charge in [0.1, 0.15) is 11.8 Å². The molecule has 0 saturated heterocycles. The molecule has 0 radical (unpaired) electrons. The van der Waals surface area contributed by atoms with E-state index in [0.717, 1.165) is 5.56 Å². The van der Waals surface area contributed by atoms with Gasteiger partial charge in [-0.05, 0) is 36.6 Å². The molecule has 0 spiro atoms. The third-order valence-electron chi connectivity index (χ3n) is 4.70. The Bertz CT molecular complexity index is 851. The van der Waals surface area contributed by atoms with Crippen LogP contribution < -0.4 is 10.1 Å². The molecule has 2 amide bonds. The number of nitrogens with one attached hydrogen (secondary N) is 1. The van der Waals surface area contributed by atoms with Crippen LogP contribution in [-0.2, 0) is 16.1 Å². The van der Waals surface area contributed by atoms with Crippen LogP contribution in [0.3, 0.4) is 0 Å². The van der Waals surface area contributed by atoms with Crippen LogP contribution in [-0.4, -0.2) is 36.4 Å². The monoisotopic (exact) mass is 436 g/mol. The van der Waals surface area contributed by atoms with Gasteiger partial charge in [0.15, 0.2) is 6.61 Å². The molecular formula is C22H26Cl2N2O3. The SMILES string of the molecule is CNC(=O)[C@@H](C)N(Cc1c(Cl)cccc1Cl)C(=O)COc1ccccc1C(C)C. The number of likely N-dealkylation sites (N-methyl/N-ethyl adjacent to an activating group) is 1. The van der Waals surface area contributed by atoms with E-state index >= 15 is 0 Å². The standard InChI is InChI=1S/C22H26Cl2N2O3/c1-14(2)16-8-5-6-11-20(16)29-13-21(27)26(15(3)22(28)25-4)12-17-18(23)9-7-10-19(17)24/h5-11,14-15H,12-13H2,1-4H3,(H,25,28)/t15-/m1/s1. The van der Waals surface area contributed by atoms with Gasteiger partial charge in [0, 0.05) is 29.2 Å². The molecule has 0 aliphatic carbocycles. The van der Waals surface area contributed by atoms with Crippen LogP contribution in [0.2, 0.25) is 10.0 Å². The van der Waals surface area contributed by atoms with Crippen molar-refractivity contribution in [2.24, 2.45) is 0 Å². The number of hydrogen-bond acceptors (Lipinski definition) is 3. The van der Waals surface area contributed by atoms with Crippen LogP contribution in [0.1, 0.15) is 37.8 Å². The van der Waals surface area contributed by atoms with E-state index in [4.69, 9.17) is 27.9 Å². The third-order valence-corrected chi connectivity index (χ3v) is 5.40. The lowest BCUT2D eigenvalue weighted by Gasteiger charge is -2.29. The highest BCUT2D eigenvalue weighted by Crippen LogP contribution is 2.28. The van der Waals surface area contributed by atoms with Gasteiger partial charge in [-0.15, -0.1) is 0 Å². The molecule has 1 N–H and O–H groups in total. The van der Waals surface area contributed by atoms with Crippen molar-refractivity contribution in [3.8, 4) is 5.75 Å². The predicted octanol–water partition coefficient (Wildman–Crippen LogP) is 4.66. The average Bonchev–Trinajstić information content (AvgIpc) is 2.70. The summed E-state index contributed by atoms with van der Waals surface area (Å²) in [6, 6.07) is 12.0. The molecule has 2 aromatic rings. The minimum atomic E-state index is -0.719. The number of carbonyl (C=O) groups excluding carboxylic acids is 2. The minimum absolute atomic E-state index is 0.0983. The number of halogens is 2. The summed E-state index contributed by atoms with van der Waals surface area (Å²) in [7, 11) is 1.53. The van der Waals surface area contributed by atoms with Crippen molar-refractivity contribution in [2.75, 3.05) is 13.7 Å². The number of rotatable bonds is 8. The summed E-state index contributed by atoms with van der Waals surface area (Å²) in [6.45, 7) is 5.67. The first-order chi connectivity index (χ1) is 13.8. The third kappa shape index (κ3) is 5.87. The largest absolute Gasteiger partial charge is 0.483 e. The van der Waals surface area contributed by atoms with Crippen molar-refractivity contribution in [3.63, 3.8) is 0 Å². The second-order valence-electron chi connectivity index (χ2n) is 6.99. The van der Waals surface area contributed by atoms with Crippen molar-refractivity contribution in [1.82, 2.24) is 10.2 Å². The lowest BCUT2D eigenvalue weighted by molar-refractivity contribution is -0.142. The zero-order valence-corrected chi connectivity index (χ0v) is 18.6. The van der Waals surface area contributed by atoms with Gasteiger partial charge in [-0.2, -0.15) is 0 Å². The first kappa shape index (κ1) is 23.0. The molecule has 2 aromatic carbocycles. The van der Waals surface area contributed by atoms with Crippen molar-refractivity contribution >= 4 is 35.0 Å². The molecule has 0 aromatic heterocycles. The summed E-state index contributed by atoms with van der Waals surface area (Å²) >= 11 is 12.5. The van der Waals surface area contributed by atoms with Crippen LogP contribution >= 0.6 is 23.2 Å². The summed E-state index contributed by atoms with van der Waals surface area (Å²) in [5, 5.41) is 3.44. The lowest BCUT2D eigenvalue weighted by atomic mass is 10.0. The second kappa shape index (κ2) is 10.5. The Balaban J connectivity index is 2.24. The Morgan fingerprint density at radius 1 is 1.03 bits per heavy atom. The number of para-hydroxylation sites is 1. The molecule has 5 nitrogen and oxygen atoms in total. The normalized spacial score (nSPS) is 11.8. The van der Waals surface area contributed by atoms with Gasteiger partial charge in [0.25, 0.3) is 5.91 Å². The molecule has 2 rings (SSSR count). The van der Waals surface area contributed by atoms with Gasteiger partial charge >= 0.3 is 0 Å². The molecule has 7 heteroatoms. The smallest absolute Gasteiger partial charge is 0.261 e. The molecule has 0 aliphatic rings. The Morgan fingerprint density at radius 3 is 2.24 bits per heavy atom. The second-order valence-corrected chi connectivity index (χ2v) is 7.81. The number of amides is 2. The van der Waals surface area contributed by atoms with E-state index in [1.165, 1.54) is 11.9 Å². The van der Waals surface area contributed by atoms with Gasteiger partial charge in [0.2, 0.25) is 5.91 Å². The molecule has 0 fully saturated rings. The molecule has 29 heavy (non-hydrogen) atoms. The van der Waals surface area contributed by atoms with E-state index in [1.807, 2.05) is 24.3 Å². The van der Waals surface area contributed by atoms with Crippen molar-refractivity contribution < 1.29 is 14.3 Å². The number of hydrogen-bond donors (Lipinski definition) is 1. The zero-order valence-electron chi connectivity index (χ0n) is 17.0. The predicted molar refractivity (Wildman–Crippen MR) is 117 cm³/mol. The highest BCUT2D eigenvalue weighted by molar-refractivity contribution is 6.36. The van der Waals surface area contributed by atoms with Crippen LogP contribution in [0.4, 0.5) is 0 Å². The Hall–Kier alpha value is -2.24. The number of ether oxygens (including phenoxy) is 1. The number of carbonyl (C=O) groups is 2. The maximum absolute atomic E-state index is 13.0. The van der Waals surface area contributed by atoms with Crippen molar-refractivity contribution in [2.45, 2.75) is 39.3 Å². The minimum Gasteiger partial charge on any atom is -0.483 e. The molecule has 0 saturated carbocycles. The number of benzene rings is 2. The summed E-state index contributed by atoms with van der Waals surface area (Å²) < 4.78 is 5.81. The van der Waals surface area contributed by atoms with Crippen LogP contribution in [0, 0.1) is 0 Å². The fourth-order valence-corrected chi connectivity index (χ4v) is 3.47. The Morgan fingerprint density at radius 2 is 1.66 bits per heavy atom. The van der Waals surface area contributed by atoms with Crippen molar-refractivity contribution in [3.05, 3.63) is 63.6 Å². The van der Waals surface area contributed by atoms with Gasteiger partial charge in [-0.1, -0.05) is 61.3 Å².